The second kappa shape index (κ2) is 4.21. The zero-order valence-electron chi connectivity index (χ0n) is 7.43. The number of hydrogen-bond donors (Lipinski definition) is 0. The highest BCUT2D eigenvalue weighted by molar-refractivity contribution is 9.11. The van der Waals surface area contributed by atoms with Gasteiger partial charge in [-0.25, -0.2) is 0 Å². The molecule has 1 amide bonds. The summed E-state index contributed by atoms with van der Waals surface area (Å²) >= 11 is 10.7. The van der Waals surface area contributed by atoms with Gasteiger partial charge in [-0.15, -0.1) is 11.3 Å². The van der Waals surface area contributed by atoms with E-state index in [4.69, 9.17) is 11.6 Å². The van der Waals surface area contributed by atoms with Gasteiger partial charge in [-0.05, 0) is 34.8 Å². The molecule has 0 unspecified atom stereocenters. The predicted molar refractivity (Wildman–Crippen MR) is 62.2 cm³/mol. The highest BCUT2D eigenvalue weighted by Gasteiger charge is 2.23. The summed E-state index contributed by atoms with van der Waals surface area (Å²) in [7, 11) is 0. The van der Waals surface area contributed by atoms with Crippen LogP contribution in [0, 0.1) is 0 Å². The molecule has 0 atom stereocenters. The Hall–Kier alpha value is -0.0600. The summed E-state index contributed by atoms with van der Waals surface area (Å²) in [4.78, 5) is 14.4. The maximum absolute atomic E-state index is 11.9. The van der Waals surface area contributed by atoms with E-state index in [9.17, 15) is 4.79 Å². The molecule has 1 aromatic rings. The quantitative estimate of drug-likeness (QED) is 0.777. The Labute approximate surface area is 100.0 Å². The maximum atomic E-state index is 11.9. The monoisotopic (exact) mass is 293 g/mol. The molecular formula is C9H9BrClNOS. The van der Waals surface area contributed by atoms with E-state index in [2.05, 4.69) is 15.9 Å². The van der Waals surface area contributed by atoms with Gasteiger partial charge in [0.15, 0.2) is 0 Å². The lowest BCUT2D eigenvalue weighted by Gasteiger charge is -2.13. The van der Waals surface area contributed by atoms with E-state index in [0.717, 1.165) is 29.7 Å². The molecule has 0 aromatic carbocycles. The minimum Gasteiger partial charge on any atom is -0.338 e. The molecule has 0 aliphatic carbocycles. The van der Waals surface area contributed by atoms with Gasteiger partial charge in [0.25, 0.3) is 5.91 Å². The molecule has 76 valence electrons. The van der Waals surface area contributed by atoms with Crippen LogP contribution in [0.4, 0.5) is 0 Å². The first-order chi connectivity index (χ1) is 6.68. The van der Waals surface area contributed by atoms with Crippen molar-refractivity contribution in [2.45, 2.75) is 12.8 Å². The Balaban J connectivity index is 2.21. The lowest BCUT2D eigenvalue weighted by atomic mass is 10.4. The Morgan fingerprint density at radius 1 is 1.50 bits per heavy atom. The van der Waals surface area contributed by atoms with Crippen LogP contribution < -0.4 is 0 Å². The number of rotatable bonds is 1. The van der Waals surface area contributed by atoms with E-state index in [1.807, 2.05) is 4.90 Å². The van der Waals surface area contributed by atoms with Gasteiger partial charge in [-0.2, -0.15) is 0 Å². The van der Waals surface area contributed by atoms with Crippen LogP contribution in [0.25, 0.3) is 0 Å². The molecule has 2 nitrogen and oxygen atoms in total. The number of amides is 1. The topological polar surface area (TPSA) is 20.3 Å². The first kappa shape index (κ1) is 10.5. The van der Waals surface area contributed by atoms with Gasteiger partial charge in [0.2, 0.25) is 0 Å². The summed E-state index contributed by atoms with van der Waals surface area (Å²) in [5.41, 5.74) is 0. The Bertz CT molecular complexity index is 360. The van der Waals surface area contributed by atoms with Crippen molar-refractivity contribution in [2.75, 3.05) is 13.1 Å². The molecule has 1 aliphatic rings. The minimum absolute atomic E-state index is 0.0724. The summed E-state index contributed by atoms with van der Waals surface area (Å²) in [6.45, 7) is 1.73. The molecule has 5 heteroatoms. The number of thiophene rings is 1. The zero-order chi connectivity index (χ0) is 10.1. The molecule has 1 saturated heterocycles. The second-order valence-corrected chi connectivity index (χ2v) is 6.07. The highest BCUT2D eigenvalue weighted by atomic mass is 79.9. The van der Waals surface area contributed by atoms with E-state index < -0.39 is 0 Å². The van der Waals surface area contributed by atoms with Crippen molar-refractivity contribution < 1.29 is 4.79 Å². The van der Waals surface area contributed by atoms with E-state index in [1.54, 1.807) is 6.07 Å². The molecule has 0 spiro atoms. The van der Waals surface area contributed by atoms with Gasteiger partial charge in [0.05, 0.1) is 8.81 Å². The number of likely N-dealkylation sites (tertiary alicyclic amines) is 1. The smallest absolute Gasteiger partial charge is 0.265 e. The molecule has 0 bridgehead atoms. The fourth-order valence-electron chi connectivity index (χ4n) is 1.55. The summed E-state index contributed by atoms with van der Waals surface area (Å²) in [5.74, 6) is 0.0724. The molecule has 1 fully saturated rings. The molecule has 0 N–H and O–H groups in total. The summed E-state index contributed by atoms with van der Waals surface area (Å²) in [6.07, 6.45) is 2.21. The Morgan fingerprint density at radius 3 is 2.64 bits per heavy atom. The van der Waals surface area contributed by atoms with Gasteiger partial charge in [0, 0.05) is 13.1 Å². The van der Waals surface area contributed by atoms with Crippen molar-refractivity contribution >= 4 is 44.8 Å². The normalized spacial score (nSPS) is 16.3. The number of halogens is 2. The molecule has 0 radical (unpaired) electrons. The molecule has 1 aliphatic heterocycles. The van der Waals surface area contributed by atoms with Crippen LogP contribution in [0.1, 0.15) is 22.5 Å². The van der Waals surface area contributed by atoms with Crippen molar-refractivity contribution in [2.24, 2.45) is 0 Å². The van der Waals surface area contributed by atoms with Crippen LogP contribution in [-0.4, -0.2) is 23.9 Å². The van der Waals surface area contributed by atoms with Crippen LogP contribution in [0.2, 0.25) is 5.02 Å². The molecule has 2 rings (SSSR count). The summed E-state index contributed by atoms with van der Waals surface area (Å²) in [5, 5.41) is 0.554. The van der Waals surface area contributed by atoms with Crippen LogP contribution >= 0.6 is 38.9 Å². The lowest BCUT2D eigenvalue weighted by molar-refractivity contribution is 0.0798. The fraction of sp³-hybridized carbons (Fsp3) is 0.444. The van der Waals surface area contributed by atoms with E-state index in [0.29, 0.717) is 9.90 Å². The number of carbonyl (C=O) groups is 1. The average molecular weight is 295 g/mol. The third-order valence-electron chi connectivity index (χ3n) is 2.24. The van der Waals surface area contributed by atoms with Crippen molar-refractivity contribution in [3.8, 4) is 0 Å². The second-order valence-electron chi connectivity index (χ2n) is 3.23. The summed E-state index contributed by atoms with van der Waals surface area (Å²) < 4.78 is 0.907. The van der Waals surface area contributed by atoms with E-state index >= 15 is 0 Å². The van der Waals surface area contributed by atoms with Crippen LogP contribution in [0.5, 0.6) is 0 Å². The molecule has 0 saturated carbocycles. The third-order valence-corrected chi connectivity index (χ3v) is 4.28. The van der Waals surface area contributed by atoms with Crippen molar-refractivity contribution in [3.05, 3.63) is 19.8 Å². The third kappa shape index (κ3) is 1.97. The largest absolute Gasteiger partial charge is 0.338 e. The van der Waals surface area contributed by atoms with Gasteiger partial charge >= 0.3 is 0 Å². The van der Waals surface area contributed by atoms with E-state index in [1.165, 1.54) is 11.3 Å². The first-order valence-electron chi connectivity index (χ1n) is 4.42. The SMILES string of the molecule is O=C(c1sc(Br)cc1Cl)N1CCCC1. The molecule has 14 heavy (non-hydrogen) atoms. The molecule has 2 heterocycles. The maximum Gasteiger partial charge on any atom is 0.265 e. The molecular weight excluding hydrogens is 286 g/mol. The number of nitrogens with zero attached hydrogens (tertiary/aromatic N) is 1. The average Bonchev–Trinajstić information content (AvgIpc) is 2.73. The summed E-state index contributed by atoms with van der Waals surface area (Å²) in [6, 6.07) is 1.77. The fourth-order valence-corrected chi connectivity index (χ4v) is 3.51. The van der Waals surface area contributed by atoms with Gasteiger partial charge in [0.1, 0.15) is 4.88 Å². The van der Waals surface area contributed by atoms with Gasteiger partial charge in [-0.3, -0.25) is 4.79 Å². The number of hydrogen-bond acceptors (Lipinski definition) is 2. The van der Waals surface area contributed by atoms with E-state index in [-0.39, 0.29) is 5.91 Å². The lowest BCUT2D eigenvalue weighted by Crippen LogP contribution is -2.26. The van der Waals surface area contributed by atoms with Crippen molar-refractivity contribution in [1.29, 1.82) is 0 Å². The zero-order valence-corrected chi connectivity index (χ0v) is 10.6. The van der Waals surface area contributed by atoms with Crippen LogP contribution in [-0.2, 0) is 0 Å². The van der Waals surface area contributed by atoms with Crippen molar-refractivity contribution in [3.63, 3.8) is 0 Å². The predicted octanol–water partition coefficient (Wildman–Crippen LogP) is 3.40. The minimum atomic E-state index is 0.0724. The van der Waals surface area contributed by atoms with Crippen LogP contribution in [0.15, 0.2) is 9.85 Å². The number of carbonyl (C=O) groups excluding carboxylic acids is 1. The van der Waals surface area contributed by atoms with Crippen molar-refractivity contribution in [1.82, 2.24) is 4.90 Å². The van der Waals surface area contributed by atoms with Crippen LogP contribution in [0.3, 0.4) is 0 Å². The Kier molecular flexibility index (Phi) is 3.14. The highest BCUT2D eigenvalue weighted by Crippen LogP contribution is 2.32. The van der Waals surface area contributed by atoms with Gasteiger partial charge in [-0.1, -0.05) is 11.6 Å². The van der Waals surface area contributed by atoms with Gasteiger partial charge < -0.3 is 4.90 Å². The standard InChI is InChI=1S/C9H9BrClNOS/c10-7-5-6(11)8(14-7)9(13)12-3-1-2-4-12/h5H,1-4H2. The first-order valence-corrected chi connectivity index (χ1v) is 6.41. The Morgan fingerprint density at radius 2 is 2.14 bits per heavy atom. The molecule has 1 aromatic heterocycles.